The number of thiophene rings is 1. The van der Waals surface area contributed by atoms with Gasteiger partial charge in [-0.25, -0.2) is 4.39 Å². The maximum atomic E-state index is 14.0. The number of hydrogen-bond donors (Lipinski definition) is 1. The van der Waals surface area contributed by atoms with Gasteiger partial charge in [0.05, 0.1) is 12.7 Å². The van der Waals surface area contributed by atoms with Crippen molar-refractivity contribution in [2.45, 2.75) is 0 Å². The Labute approximate surface area is 118 Å². The van der Waals surface area contributed by atoms with Gasteiger partial charge in [-0.1, -0.05) is 23.4 Å². The van der Waals surface area contributed by atoms with Crippen LogP contribution in [0.1, 0.15) is 0 Å². The van der Waals surface area contributed by atoms with Crippen molar-refractivity contribution in [3.8, 4) is 27.5 Å². The molecule has 2 heterocycles. The highest BCUT2D eigenvalue weighted by atomic mass is 32.1. The first-order valence-corrected chi connectivity index (χ1v) is 6.72. The summed E-state index contributed by atoms with van der Waals surface area (Å²) in [6, 6.07) is 8.18. The van der Waals surface area contributed by atoms with Crippen molar-refractivity contribution < 1.29 is 13.7 Å². The summed E-state index contributed by atoms with van der Waals surface area (Å²) >= 11 is 1.42. The van der Waals surface area contributed by atoms with E-state index in [0.29, 0.717) is 22.6 Å². The zero-order valence-electron chi connectivity index (χ0n) is 10.6. The monoisotopic (exact) mass is 290 g/mol. The lowest BCUT2D eigenvalue weighted by Crippen LogP contribution is -1.91. The highest BCUT2D eigenvalue weighted by molar-refractivity contribution is 7.14. The van der Waals surface area contributed by atoms with Gasteiger partial charge < -0.3 is 15.0 Å². The van der Waals surface area contributed by atoms with Crippen molar-refractivity contribution in [2.75, 3.05) is 12.8 Å². The van der Waals surface area contributed by atoms with Crippen LogP contribution in [0.3, 0.4) is 0 Å². The van der Waals surface area contributed by atoms with E-state index in [4.69, 9.17) is 15.0 Å². The van der Waals surface area contributed by atoms with Crippen molar-refractivity contribution in [3.63, 3.8) is 0 Å². The predicted octanol–water partition coefficient (Wildman–Crippen LogP) is 3.80. The van der Waals surface area contributed by atoms with Gasteiger partial charge in [-0.3, -0.25) is 0 Å². The molecule has 0 aliphatic rings. The van der Waals surface area contributed by atoms with Gasteiger partial charge in [0.1, 0.15) is 16.4 Å². The van der Waals surface area contributed by atoms with E-state index < -0.39 is 0 Å². The fourth-order valence-corrected chi connectivity index (χ4v) is 2.85. The number of nitrogens with zero attached hydrogens (tertiary/aromatic N) is 1. The molecule has 0 saturated heterocycles. The van der Waals surface area contributed by atoms with E-state index in [9.17, 15) is 4.39 Å². The van der Waals surface area contributed by atoms with E-state index in [0.717, 1.165) is 4.88 Å². The largest absolute Gasteiger partial charge is 0.495 e. The smallest absolute Gasteiger partial charge is 0.190 e. The standard InChI is InChI=1S/C14H11FN2O2S/c1-18-10-6-7-20-13(10)12-11(14(16)17-19-12)8-4-2-3-5-9(8)15/h2-7H,1H3,(H2,16,17). The minimum absolute atomic E-state index is 0.153. The summed E-state index contributed by atoms with van der Waals surface area (Å²) in [5.74, 6) is 0.836. The van der Waals surface area contributed by atoms with Gasteiger partial charge >= 0.3 is 0 Å². The van der Waals surface area contributed by atoms with Crippen molar-refractivity contribution in [2.24, 2.45) is 0 Å². The van der Waals surface area contributed by atoms with Crippen molar-refractivity contribution in [1.29, 1.82) is 0 Å². The Hall–Kier alpha value is -2.34. The number of nitrogens with two attached hydrogens (primary N) is 1. The first-order valence-electron chi connectivity index (χ1n) is 5.84. The van der Waals surface area contributed by atoms with E-state index in [-0.39, 0.29) is 11.6 Å². The Balaban J connectivity index is 2.23. The molecule has 0 atom stereocenters. The number of rotatable bonds is 3. The van der Waals surface area contributed by atoms with Gasteiger partial charge in [0, 0.05) is 5.56 Å². The van der Waals surface area contributed by atoms with Gasteiger partial charge in [0.2, 0.25) is 0 Å². The minimum Gasteiger partial charge on any atom is -0.495 e. The summed E-state index contributed by atoms with van der Waals surface area (Å²) in [5, 5.41) is 5.61. The molecule has 0 spiro atoms. The van der Waals surface area contributed by atoms with Crippen molar-refractivity contribution >= 4 is 17.2 Å². The van der Waals surface area contributed by atoms with E-state index in [1.807, 2.05) is 11.4 Å². The Morgan fingerprint density at radius 1 is 1.30 bits per heavy atom. The van der Waals surface area contributed by atoms with Crippen LogP contribution in [0.5, 0.6) is 5.75 Å². The lowest BCUT2D eigenvalue weighted by molar-refractivity contribution is 0.409. The molecule has 102 valence electrons. The first kappa shape index (κ1) is 12.7. The molecule has 0 bridgehead atoms. The van der Waals surface area contributed by atoms with Crippen LogP contribution in [0.4, 0.5) is 10.2 Å². The normalized spacial score (nSPS) is 10.7. The molecule has 0 fully saturated rings. The molecule has 0 radical (unpaired) electrons. The van der Waals surface area contributed by atoms with Crippen molar-refractivity contribution in [1.82, 2.24) is 5.16 Å². The Kier molecular flexibility index (Phi) is 3.15. The molecule has 0 aliphatic carbocycles. The molecule has 2 N–H and O–H groups in total. The third kappa shape index (κ3) is 1.94. The van der Waals surface area contributed by atoms with Crippen LogP contribution >= 0.6 is 11.3 Å². The topological polar surface area (TPSA) is 61.3 Å². The van der Waals surface area contributed by atoms with E-state index in [2.05, 4.69) is 5.16 Å². The Bertz CT molecular complexity index is 751. The van der Waals surface area contributed by atoms with Crippen molar-refractivity contribution in [3.05, 3.63) is 41.5 Å². The molecular weight excluding hydrogens is 279 g/mol. The van der Waals surface area contributed by atoms with Crippen LogP contribution < -0.4 is 10.5 Å². The number of anilines is 1. The molecule has 20 heavy (non-hydrogen) atoms. The second-order valence-corrected chi connectivity index (χ2v) is 4.99. The maximum Gasteiger partial charge on any atom is 0.190 e. The quantitative estimate of drug-likeness (QED) is 0.797. The van der Waals surface area contributed by atoms with Gasteiger partial charge in [0.25, 0.3) is 0 Å². The van der Waals surface area contributed by atoms with Crippen LogP contribution in [-0.4, -0.2) is 12.3 Å². The third-order valence-electron chi connectivity index (χ3n) is 2.92. The molecule has 0 unspecified atom stereocenters. The van der Waals surface area contributed by atoms with Gasteiger partial charge in [-0.05, 0) is 17.5 Å². The number of ether oxygens (including phenoxy) is 1. The molecule has 3 aromatic rings. The Morgan fingerprint density at radius 2 is 2.10 bits per heavy atom. The molecular formula is C14H11FN2O2S. The third-order valence-corrected chi connectivity index (χ3v) is 3.81. The average Bonchev–Trinajstić information content (AvgIpc) is 3.05. The number of halogens is 1. The molecule has 3 rings (SSSR count). The maximum absolute atomic E-state index is 14.0. The first-order chi connectivity index (χ1) is 9.72. The minimum atomic E-state index is -0.376. The average molecular weight is 290 g/mol. The zero-order valence-corrected chi connectivity index (χ0v) is 11.4. The van der Waals surface area contributed by atoms with Gasteiger partial charge in [-0.15, -0.1) is 11.3 Å². The summed E-state index contributed by atoms with van der Waals surface area (Å²) in [5.41, 5.74) is 6.64. The van der Waals surface area contributed by atoms with Gasteiger partial charge in [0.15, 0.2) is 11.6 Å². The summed E-state index contributed by atoms with van der Waals surface area (Å²) < 4.78 is 24.5. The van der Waals surface area contributed by atoms with E-state index in [1.165, 1.54) is 17.4 Å². The summed E-state index contributed by atoms with van der Waals surface area (Å²) in [4.78, 5) is 0.731. The molecule has 0 aliphatic heterocycles. The SMILES string of the molecule is COc1ccsc1-c1onc(N)c1-c1ccccc1F. The van der Waals surface area contributed by atoms with E-state index in [1.54, 1.807) is 25.3 Å². The second-order valence-electron chi connectivity index (χ2n) is 4.07. The molecule has 0 saturated carbocycles. The number of benzene rings is 1. The van der Waals surface area contributed by atoms with Crippen LogP contribution in [-0.2, 0) is 0 Å². The fraction of sp³-hybridized carbons (Fsp3) is 0.0714. The van der Waals surface area contributed by atoms with Gasteiger partial charge in [-0.2, -0.15) is 0 Å². The number of methoxy groups -OCH3 is 1. The number of nitrogen functional groups attached to an aromatic ring is 1. The molecule has 4 nitrogen and oxygen atoms in total. The van der Waals surface area contributed by atoms with Crippen LogP contribution in [0.15, 0.2) is 40.2 Å². The summed E-state index contributed by atoms with van der Waals surface area (Å²) in [6.45, 7) is 0. The Morgan fingerprint density at radius 3 is 2.85 bits per heavy atom. The highest BCUT2D eigenvalue weighted by Gasteiger charge is 2.23. The molecule has 6 heteroatoms. The molecule has 0 amide bonds. The highest BCUT2D eigenvalue weighted by Crippen LogP contribution is 2.43. The lowest BCUT2D eigenvalue weighted by Gasteiger charge is -2.04. The second kappa shape index (κ2) is 4.97. The van der Waals surface area contributed by atoms with Crippen LogP contribution in [0.25, 0.3) is 21.8 Å². The number of aromatic nitrogens is 1. The lowest BCUT2D eigenvalue weighted by atomic mass is 10.0. The summed E-state index contributed by atoms with van der Waals surface area (Å²) in [6.07, 6.45) is 0. The molecule has 2 aromatic heterocycles. The fourth-order valence-electron chi connectivity index (χ4n) is 2.01. The van der Waals surface area contributed by atoms with Crippen LogP contribution in [0.2, 0.25) is 0 Å². The van der Waals surface area contributed by atoms with Crippen LogP contribution in [0, 0.1) is 5.82 Å². The zero-order chi connectivity index (χ0) is 14.1. The predicted molar refractivity (Wildman–Crippen MR) is 76.2 cm³/mol. The number of hydrogen-bond acceptors (Lipinski definition) is 5. The van der Waals surface area contributed by atoms with E-state index >= 15 is 0 Å². The summed E-state index contributed by atoms with van der Waals surface area (Å²) in [7, 11) is 1.56. The molecule has 1 aromatic carbocycles.